The molecule has 2 heterocycles. The van der Waals surface area contributed by atoms with Gasteiger partial charge in [-0.25, -0.2) is 0 Å². The number of nitrogens with one attached hydrogen (secondary N) is 2. The van der Waals surface area contributed by atoms with E-state index in [-0.39, 0.29) is 18.0 Å². The lowest BCUT2D eigenvalue weighted by atomic mass is 9.93. The van der Waals surface area contributed by atoms with Gasteiger partial charge in [-0.15, -0.1) is 0 Å². The molecule has 138 valence electrons. The topological polar surface area (TPSA) is 96.0 Å². The van der Waals surface area contributed by atoms with E-state index in [9.17, 15) is 4.79 Å². The first-order valence-corrected chi connectivity index (χ1v) is 8.86. The number of fused-ring (bicyclic) bond motifs is 1. The molecule has 1 aliphatic rings. The van der Waals surface area contributed by atoms with Gasteiger partial charge in [-0.1, -0.05) is 41.4 Å². The van der Waals surface area contributed by atoms with Crippen molar-refractivity contribution >= 4 is 11.6 Å². The number of nitrogens with zero attached hydrogens (tertiary/aromatic N) is 4. The van der Waals surface area contributed by atoms with Gasteiger partial charge in [0.2, 0.25) is 5.91 Å². The molecule has 1 aliphatic heterocycles. The van der Waals surface area contributed by atoms with E-state index in [1.54, 1.807) is 24.3 Å². The van der Waals surface area contributed by atoms with Crippen LogP contribution in [0.1, 0.15) is 18.1 Å². The second-order valence-corrected chi connectivity index (χ2v) is 6.36. The lowest BCUT2D eigenvalue weighted by Gasteiger charge is -2.35. The van der Waals surface area contributed by atoms with Crippen molar-refractivity contribution in [3.63, 3.8) is 0 Å². The van der Waals surface area contributed by atoms with Crippen LogP contribution < -0.4 is 10.1 Å². The summed E-state index contributed by atoms with van der Waals surface area (Å²) in [6, 6.07) is 15.4. The van der Waals surface area contributed by atoms with Crippen molar-refractivity contribution in [2.45, 2.75) is 25.9 Å². The highest BCUT2D eigenvalue weighted by molar-refractivity contribution is 5.95. The highest BCUT2D eigenvalue weighted by Crippen LogP contribution is 2.25. The standard InChI is InChI=1S/C19H20N6O2/c1-2-25-12-14-6-4-3-5-13(14)11-17(25)18(26)20-15-7-9-16(10-8-15)27-19-21-23-24-22-19/h3-10,17H,2,11-12H2,1H3,(H,20,26)(H,21,22,23,24). The zero-order valence-electron chi connectivity index (χ0n) is 14.9. The third-order valence-electron chi connectivity index (χ3n) is 4.71. The maximum absolute atomic E-state index is 12.9. The summed E-state index contributed by atoms with van der Waals surface area (Å²) in [7, 11) is 0. The van der Waals surface area contributed by atoms with Gasteiger partial charge in [0, 0.05) is 12.2 Å². The maximum Gasteiger partial charge on any atom is 0.361 e. The van der Waals surface area contributed by atoms with Crippen LogP contribution in [0.4, 0.5) is 5.69 Å². The SMILES string of the molecule is CCN1Cc2ccccc2CC1C(=O)Nc1ccc(Oc2nn[nH]n2)cc1. The van der Waals surface area contributed by atoms with E-state index < -0.39 is 0 Å². The molecule has 1 aromatic heterocycles. The largest absolute Gasteiger partial charge is 0.422 e. The number of anilines is 1. The van der Waals surface area contributed by atoms with E-state index in [0.29, 0.717) is 5.75 Å². The van der Waals surface area contributed by atoms with Crippen LogP contribution in [0.5, 0.6) is 11.8 Å². The second-order valence-electron chi connectivity index (χ2n) is 6.36. The van der Waals surface area contributed by atoms with Crippen LogP contribution in [-0.2, 0) is 17.8 Å². The maximum atomic E-state index is 12.9. The highest BCUT2D eigenvalue weighted by Gasteiger charge is 2.30. The zero-order chi connectivity index (χ0) is 18.6. The van der Waals surface area contributed by atoms with Crippen LogP contribution >= 0.6 is 0 Å². The van der Waals surface area contributed by atoms with Crippen molar-refractivity contribution in [3.05, 3.63) is 59.7 Å². The molecule has 27 heavy (non-hydrogen) atoms. The van der Waals surface area contributed by atoms with Gasteiger partial charge in [0.25, 0.3) is 0 Å². The minimum Gasteiger partial charge on any atom is -0.422 e. The number of amides is 1. The summed E-state index contributed by atoms with van der Waals surface area (Å²) >= 11 is 0. The number of benzene rings is 2. The lowest BCUT2D eigenvalue weighted by molar-refractivity contribution is -0.121. The van der Waals surface area contributed by atoms with E-state index in [1.165, 1.54) is 11.1 Å². The molecular weight excluding hydrogens is 344 g/mol. The smallest absolute Gasteiger partial charge is 0.361 e. The van der Waals surface area contributed by atoms with Crippen molar-refractivity contribution in [1.29, 1.82) is 0 Å². The van der Waals surface area contributed by atoms with Gasteiger partial charge < -0.3 is 10.1 Å². The summed E-state index contributed by atoms with van der Waals surface area (Å²) in [6.45, 7) is 3.70. The average Bonchev–Trinajstić information content (AvgIpc) is 3.21. The van der Waals surface area contributed by atoms with E-state index in [4.69, 9.17) is 4.74 Å². The molecule has 3 aromatic rings. The average molecular weight is 364 g/mol. The molecule has 0 saturated carbocycles. The van der Waals surface area contributed by atoms with Crippen LogP contribution in [0, 0.1) is 0 Å². The number of hydrogen-bond acceptors (Lipinski definition) is 6. The number of hydrogen-bond donors (Lipinski definition) is 2. The van der Waals surface area contributed by atoms with Crippen molar-refractivity contribution in [1.82, 2.24) is 25.5 Å². The molecule has 1 unspecified atom stereocenters. The first-order valence-electron chi connectivity index (χ1n) is 8.86. The number of aromatic nitrogens is 4. The Balaban J connectivity index is 1.43. The van der Waals surface area contributed by atoms with Crippen LogP contribution in [0.25, 0.3) is 0 Å². The molecule has 2 N–H and O–H groups in total. The van der Waals surface area contributed by atoms with Crippen molar-refractivity contribution in [2.75, 3.05) is 11.9 Å². The zero-order valence-corrected chi connectivity index (χ0v) is 14.9. The molecule has 8 nitrogen and oxygen atoms in total. The molecule has 0 bridgehead atoms. The quantitative estimate of drug-likeness (QED) is 0.722. The monoisotopic (exact) mass is 364 g/mol. The first-order chi connectivity index (χ1) is 13.2. The molecule has 0 spiro atoms. The number of rotatable bonds is 5. The van der Waals surface area contributed by atoms with Crippen molar-refractivity contribution in [3.8, 4) is 11.8 Å². The van der Waals surface area contributed by atoms with Gasteiger partial charge in [0.1, 0.15) is 5.75 Å². The number of aromatic amines is 1. The summed E-state index contributed by atoms with van der Waals surface area (Å²) in [5, 5.41) is 16.2. The molecule has 0 fully saturated rings. The summed E-state index contributed by atoms with van der Waals surface area (Å²) < 4.78 is 5.43. The van der Waals surface area contributed by atoms with Gasteiger partial charge >= 0.3 is 6.01 Å². The molecule has 1 atom stereocenters. The predicted octanol–water partition coefficient (Wildman–Crippen LogP) is 2.38. The molecule has 0 saturated heterocycles. The Morgan fingerprint density at radius 3 is 2.70 bits per heavy atom. The van der Waals surface area contributed by atoms with Crippen LogP contribution in [0.2, 0.25) is 0 Å². The third kappa shape index (κ3) is 3.80. The van der Waals surface area contributed by atoms with Gasteiger partial charge in [0.15, 0.2) is 0 Å². The fourth-order valence-corrected chi connectivity index (χ4v) is 3.30. The summed E-state index contributed by atoms with van der Waals surface area (Å²) in [6.07, 6.45) is 0.717. The minimum absolute atomic E-state index is 0.00168. The van der Waals surface area contributed by atoms with E-state index >= 15 is 0 Å². The van der Waals surface area contributed by atoms with Crippen LogP contribution in [-0.4, -0.2) is 44.0 Å². The normalized spacial score (nSPS) is 16.6. The fourth-order valence-electron chi connectivity index (χ4n) is 3.30. The molecule has 1 amide bonds. The highest BCUT2D eigenvalue weighted by atomic mass is 16.5. The number of H-pyrrole nitrogens is 1. The van der Waals surface area contributed by atoms with E-state index in [1.807, 2.05) is 12.1 Å². The van der Waals surface area contributed by atoms with Crippen molar-refractivity contribution < 1.29 is 9.53 Å². The summed E-state index contributed by atoms with van der Waals surface area (Å²) in [5.74, 6) is 0.564. The number of carbonyl (C=O) groups excluding carboxylic acids is 1. The van der Waals surface area contributed by atoms with Gasteiger partial charge in [0.05, 0.1) is 6.04 Å². The summed E-state index contributed by atoms with van der Waals surface area (Å²) in [4.78, 5) is 15.1. The fraction of sp³-hybridized carbons (Fsp3) is 0.263. The Labute approximate surface area is 156 Å². The number of ether oxygens (including phenoxy) is 1. The van der Waals surface area contributed by atoms with Gasteiger partial charge in [-0.05, 0) is 53.6 Å². The number of tetrazole rings is 1. The number of carbonyl (C=O) groups is 1. The van der Waals surface area contributed by atoms with Gasteiger partial charge in [-0.3, -0.25) is 9.69 Å². The Morgan fingerprint density at radius 1 is 1.22 bits per heavy atom. The second kappa shape index (κ2) is 7.55. The lowest BCUT2D eigenvalue weighted by Crippen LogP contribution is -2.47. The van der Waals surface area contributed by atoms with E-state index in [2.05, 4.69) is 49.9 Å². The Morgan fingerprint density at radius 2 is 2.00 bits per heavy atom. The molecule has 0 aliphatic carbocycles. The molecule has 0 radical (unpaired) electrons. The molecule has 2 aromatic carbocycles. The van der Waals surface area contributed by atoms with Crippen LogP contribution in [0.15, 0.2) is 48.5 Å². The Hall–Kier alpha value is -3.26. The minimum atomic E-state index is -0.180. The van der Waals surface area contributed by atoms with Gasteiger partial charge in [-0.2, -0.15) is 5.21 Å². The third-order valence-corrected chi connectivity index (χ3v) is 4.71. The first kappa shape index (κ1) is 17.2. The van der Waals surface area contributed by atoms with E-state index in [0.717, 1.165) is 25.2 Å². The summed E-state index contributed by atoms with van der Waals surface area (Å²) in [5.41, 5.74) is 3.26. The Kier molecular flexibility index (Phi) is 4.80. The Bertz CT molecular complexity index is 910. The molecule has 8 heteroatoms. The van der Waals surface area contributed by atoms with Crippen LogP contribution in [0.3, 0.4) is 0 Å². The predicted molar refractivity (Wildman–Crippen MR) is 99.3 cm³/mol. The number of likely N-dealkylation sites (N-methyl/N-ethyl adjacent to an activating group) is 1. The molecule has 4 rings (SSSR count). The van der Waals surface area contributed by atoms with Crippen molar-refractivity contribution in [2.24, 2.45) is 0 Å². The molecular formula is C19H20N6O2.